The van der Waals surface area contributed by atoms with E-state index in [1.807, 2.05) is 18.7 Å². The number of amides is 1. The van der Waals surface area contributed by atoms with Crippen LogP contribution in [0.1, 0.15) is 20.3 Å². The van der Waals surface area contributed by atoms with Crippen LogP contribution >= 0.6 is 0 Å². The maximum atomic E-state index is 12.1. The summed E-state index contributed by atoms with van der Waals surface area (Å²) in [4.78, 5) is 14.1. The lowest BCUT2D eigenvalue weighted by Crippen LogP contribution is -2.39. The third-order valence-electron chi connectivity index (χ3n) is 3.21. The van der Waals surface area contributed by atoms with Gasteiger partial charge in [-0.3, -0.25) is 9.69 Å². The molecule has 0 unspecified atom stereocenters. The Hall–Kier alpha value is -1.79. The number of ether oxygens (including phenoxy) is 1. The maximum Gasteiger partial charge on any atom is 0.238 e. The van der Waals surface area contributed by atoms with Gasteiger partial charge in [-0.1, -0.05) is 0 Å². The van der Waals surface area contributed by atoms with E-state index in [9.17, 15) is 4.79 Å². The number of nitrogens with two attached hydrogens (primary N) is 1. The van der Waals surface area contributed by atoms with Gasteiger partial charge in [0.2, 0.25) is 5.91 Å². The topological polar surface area (TPSA) is 87.8 Å². The summed E-state index contributed by atoms with van der Waals surface area (Å²) < 4.78 is 5.07. The van der Waals surface area contributed by atoms with E-state index in [4.69, 9.17) is 15.6 Å². The highest BCUT2D eigenvalue weighted by atomic mass is 16.5. The number of rotatable bonds is 8. The lowest BCUT2D eigenvalue weighted by atomic mass is 10.2. The fraction of sp³-hybridized carbons (Fsp3) is 0.533. The molecule has 6 heteroatoms. The molecule has 0 saturated heterocycles. The van der Waals surface area contributed by atoms with Gasteiger partial charge < -0.3 is 20.9 Å². The third-order valence-corrected chi connectivity index (χ3v) is 3.21. The van der Waals surface area contributed by atoms with Crippen molar-refractivity contribution in [3.8, 4) is 5.75 Å². The van der Waals surface area contributed by atoms with Crippen LogP contribution in [-0.2, 0) is 4.79 Å². The summed E-state index contributed by atoms with van der Waals surface area (Å²) in [6.45, 7) is 5.11. The average molecular weight is 295 g/mol. The Morgan fingerprint density at radius 1 is 1.48 bits per heavy atom. The monoisotopic (exact) mass is 295 g/mol. The lowest BCUT2D eigenvalue weighted by Gasteiger charge is -2.25. The van der Waals surface area contributed by atoms with Crippen molar-refractivity contribution in [3.05, 3.63) is 18.2 Å². The van der Waals surface area contributed by atoms with Crippen LogP contribution < -0.4 is 15.8 Å². The molecule has 0 saturated carbocycles. The highest BCUT2D eigenvalue weighted by molar-refractivity contribution is 5.95. The first-order chi connectivity index (χ1) is 9.97. The number of aliphatic hydroxyl groups excluding tert-OH is 1. The van der Waals surface area contributed by atoms with Crippen molar-refractivity contribution in [2.45, 2.75) is 26.3 Å². The molecule has 0 heterocycles. The predicted molar refractivity (Wildman–Crippen MR) is 84.4 cm³/mol. The fourth-order valence-corrected chi connectivity index (χ4v) is 1.95. The van der Waals surface area contributed by atoms with E-state index in [1.165, 1.54) is 0 Å². The molecular formula is C15H25N3O3. The number of anilines is 2. The molecule has 21 heavy (non-hydrogen) atoms. The standard InChI is InChI=1S/C15H25N3O3/c1-11(2)18(7-4-8-19)10-15(20)17-14-6-5-12(21-3)9-13(14)16/h5-6,9,11,19H,4,7-8,10,16H2,1-3H3,(H,17,20). The van der Waals surface area contributed by atoms with E-state index in [1.54, 1.807) is 25.3 Å². The van der Waals surface area contributed by atoms with E-state index in [-0.39, 0.29) is 25.1 Å². The van der Waals surface area contributed by atoms with Gasteiger partial charge in [-0.2, -0.15) is 0 Å². The normalized spacial score (nSPS) is 11.0. The van der Waals surface area contributed by atoms with Crippen LogP contribution in [-0.4, -0.2) is 48.8 Å². The summed E-state index contributed by atoms with van der Waals surface area (Å²) in [5.41, 5.74) is 6.92. The van der Waals surface area contributed by atoms with Crippen molar-refractivity contribution >= 4 is 17.3 Å². The first-order valence-corrected chi connectivity index (χ1v) is 7.06. The Morgan fingerprint density at radius 3 is 2.71 bits per heavy atom. The molecule has 0 atom stereocenters. The van der Waals surface area contributed by atoms with Crippen molar-refractivity contribution in [2.24, 2.45) is 0 Å². The molecule has 0 radical (unpaired) electrons. The number of carbonyl (C=O) groups excluding carboxylic acids is 1. The number of aliphatic hydroxyl groups is 1. The van der Waals surface area contributed by atoms with Crippen LogP contribution in [0.5, 0.6) is 5.75 Å². The fourth-order valence-electron chi connectivity index (χ4n) is 1.95. The van der Waals surface area contributed by atoms with Crippen LogP contribution in [0.25, 0.3) is 0 Å². The summed E-state index contributed by atoms with van der Waals surface area (Å²) in [5.74, 6) is 0.524. The van der Waals surface area contributed by atoms with Gasteiger partial charge in [0.05, 0.1) is 25.0 Å². The summed E-state index contributed by atoms with van der Waals surface area (Å²) in [6.07, 6.45) is 0.649. The number of hydrogen-bond acceptors (Lipinski definition) is 5. The Labute approximate surface area is 125 Å². The predicted octanol–water partition coefficient (Wildman–Crippen LogP) is 1.31. The summed E-state index contributed by atoms with van der Waals surface area (Å²) in [6, 6.07) is 5.37. The number of carbonyl (C=O) groups is 1. The second-order valence-corrected chi connectivity index (χ2v) is 5.14. The molecule has 0 fully saturated rings. The molecule has 1 amide bonds. The smallest absolute Gasteiger partial charge is 0.238 e. The number of hydrogen-bond donors (Lipinski definition) is 3. The van der Waals surface area contributed by atoms with Crippen molar-refractivity contribution in [1.82, 2.24) is 4.90 Å². The third kappa shape index (κ3) is 5.61. The van der Waals surface area contributed by atoms with Crippen molar-refractivity contribution in [1.29, 1.82) is 0 Å². The second-order valence-electron chi connectivity index (χ2n) is 5.14. The summed E-state index contributed by atoms with van der Waals surface area (Å²) in [5, 5.41) is 11.7. The lowest BCUT2D eigenvalue weighted by molar-refractivity contribution is -0.117. The number of nitrogen functional groups attached to an aromatic ring is 1. The number of nitrogens with one attached hydrogen (secondary N) is 1. The largest absolute Gasteiger partial charge is 0.497 e. The maximum absolute atomic E-state index is 12.1. The van der Waals surface area contributed by atoms with E-state index in [0.29, 0.717) is 30.1 Å². The first-order valence-electron chi connectivity index (χ1n) is 7.06. The molecule has 0 aromatic heterocycles. The average Bonchev–Trinajstić information content (AvgIpc) is 2.45. The Morgan fingerprint density at radius 2 is 2.19 bits per heavy atom. The van der Waals surface area contributed by atoms with Crippen LogP contribution in [0.3, 0.4) is 0 Å². The molecule has 118 valence electrons. The SMILES string of the molecule is COc1ccc(NC(=O)CN(CCCO)C(C)C)c(N)c1. The van der Waals surface area contributed by atoms with Crippen LogP contribution in [0, 0.1) is 0 Å². The minimum Gasteiger partial charge on any atom is -0.497 e. The molecule has 0 aliphatic carbocycles. The van der Waals surface area contributed by atoms with Crippen molar-refractivity contribution in [2.75, 3.05) is 37.9 Å². The molecular weight excluding hydrogens is 270 g/mol. The summed E-state index contributed by atoms with van der Waals surface area (Å²) in [7, 11) is 1.56. The minimum atomic E-state index is -0.126. The van der Waals surface area contributed by atoms with Gasteiger partial charge in [-0.05, 0) is 32.4 Å². The van der Waals surface area contributed by atoms with E-state index in [2.05, 4.69) is 5.32 Å². The molecule has 0 spiro atoms. The van der Waals surface area contributed by atoms with Gasteiger partial charge in [0.1, 0.15) is 5.75 Å². The van der Waals surface area contributed by atoms with Gasteiger partial charge in [0, 0.05) is 25.3 Å². The van der Waals surface area contributed by atoms with Gasteiger partial charge >= 0.3 is 0 Å². The molecule has 1 aromatic rings. The molecule has 6 nitrogen and oxygen atoms in total. The zero-order valence-corrected chi connectivity index (χ0v) is 12.9. The number of nitrogens with zero attached hydrogens (tertiary/aromatic N) is 1. The van der Waals surface area contributed by atoms with E-state index < -0.39 is 0 Å². The number of benzene rings is 1. The molecule has 0 bridgehead atoms. The molecule has 0 aliphatic heterocycles. The second kappa shape index (κ2) is 8.49. The van der Waals surface area contributed by atoms with Gasteiger partial charge in [-0.25, -0.2) is 0 Å². The molecule has 0 aliphatic rings. The van der Waals surface area contributed by atoms with Crippen molar-refractivity contribution < 1.29 is 14.6 Å². The van der Waals surface area contributed by atoms with Gasteiger partial charge in [0.25, 0.3) is 0 Å². The highest BCUT2D eigenvalue weighted by Crippen LogP contribution is 2.23. The van der Waals surface area contributed by atoms with E-state index >= 15 is 0 Å². The van der Waals surface area contributed by atoms with Crippen LogP contribution in [0.4, 0.5) is 11.4 Å². The van der Waals surface area contributed by atoms with Crippen molar-refractivity contribution in [3.63, 3.8) is 0 Å². The zero-order valence-electron chi connectivity index (χ0n) is 12.9. The Balaban J connectivity index is 2.63. The Kier molecular flexibility index (Phi) is 6.98. The van der Waals surface area contributed by atoms with Crippen LogP contribution in [0.15, 0.2) is 18.2 Å². The van der Waals surface area contributed by atoms with Crippen LogP contribution in [0.2, 0.25) is 0 Å². The van der Waals surface area contributed by atoms with E-state index in [0.717, 1.165) is 0 Å². The molecule has 1 aromatic carbocycles. The molecule has 1 rings (SSSR count). The summed E-state index contributed by atoms with van der Waals surface area (Å²) >= 11 is 0. The minimum absolute atomic E-state index is 0.121. The first kappa shape index (κ1) is 17.3. The van der Waals surface area contributed by atoms with Gasteiger partial charge in [-0.15, -0.1) is 0 Å². The van der Waals surface area contributed by atoms with Gasteiger partial charge in [0.15, 0.2) is 0 Å². The zero-order chi connectivity index (χ0) is 15.8. The highest BCUT2D eigenvalue weighted by Gasteiger charge is 2.14. The Bertz CT molecular complexity index is 463. The molecule has 4 N–H and O–H groups in total. The quantitative estimate of drug-likeness (QED) is 0.629. The number of methoxy groups -OCH3 is 1.